The van der Waals surface area contributed by atoms with Gasteiger partial charge in [-0.3, -0.25) is 9.59 Å². The first-order valence-corrected chi connectivity index (χ1v) is 12.2. The number of nitrogens with zero attached hydrogens (tertiary/aromatic N) is 1. The number of aryl methyl sites for hydroxylation is 1. The number of carbonyl (C=O) groups excluding carboxylic acids is 2. The summed E-state index contributed by atoms with van der Waals surface area (Å²) in [5, 5.41) is 3.69. The van der Waals surface area contributed by atoms with Crippen molar-refractivity contribution in [2.45, 2.75) is 70.5 Å². The van der Waals surface area contributed by atoms with Crippen LogP contribution in [-0.2, 0) is 16.1 Å². The standard InChI is InChI=1S/C25H33ClN2O2S/c1-5-23(25(30)27-18(2)3)28(17-20-9-6-8-19(4)16-20)24(29)10-7-15-31-22-13-11-21(26)12-14-22/h6,8-9,11-14,16,18,23H,5,7,10,15,17H2,1-4H3,(H,27,30)/t23-/m1/s1. The van der Waals surface area contributed by atoms with Crippen molar-refractivity contribution in [3.63, 3.8) is 0 Å². The summed E-state index contributed by atoms with van der Waals surface area (Å²) in [4.78, 5) is 28.9. The van der Waals surface area contributed by atoms with Gasteiger partial charge in [-0.05, 0) is 69.2 Å². The van der Waals surface area contributed by atoms with Crippen LogP contribution < -0.4 is 5.32 Å². The van der Waals surface area contributed by atoms with Crippen molar-refractivity contribution < 1.29 is 9.59 Å². The van der Waals surface area contributed by atoms with Gasteiger partial charge in [0.2, 0.25) is 11.8 Å². The molecule has 4 nitrogen and oxygen atoms in total. The Labute approximate surface area is 195 Å². The van der Waals surface area contributed by atoms with Crippen LogP contribution in [0, 0.1) is 6.92 Å². The van der Waals surface area contributed by atoms with Crippen molar-refractivity contribution in [1.29, 1.82) is 0 Å². The molecule has 2 aromatic rings. The molecule has 0 heterocycles. The van der Waals surface area contributed by atoms with Crippen LogP contribution in [0.4, 0.5) is 0 Å². The second kappa shape index (κ2) is 12.8. The molecule has 2 rings (SSSR count). The quantitative estimate of drug-likeness (QED) is 0.338. The zero-order chi connectivity index (χ0) is 22.8. The van der Waals surface area contributed by atoms with Gasteiger partial charge < -0.3 is 10.2 Å². The van der Waals surface area contributed by atoms with Crippen LogP contribution in [0.25, 0.3) is 0 Å². The fraction of sp³-hybridized carbons (Fsp3) is 0.440. The van der Waals surface area contributed by atoms with Crippen molar-refractivity contribution in [1.82, 2.24) is 10.2 Å². The lowest BCUT2D eigenvalue weighted by Crippen LogP contribution is -2.50. The highest BCUT2D eigenvalue weighted by Crippen LogP contribution is 2.22. The lowest BCUT2D eigenvalue weighted by Gasteiger charge is -2.31. The summed E-state index contributed by atoms with van der Waals surface area (Å²) in [5.74, 6) is 0.763. The Hall–Kier alpha value is -1.98. The Morgan fingerprint density at radius 3 is 2.45 bits per heavy atom. The van der Waals surface area contributed by atoms with E-state index >= 15 is 0 Å². The van der Waals surface area contributed by atoms with Gasteiger partial charge in [0, 0.05) is 28.9 Å². The average molecular weight is 461 g/mol. The first-order chi connectivity index (χ1) is 14.8. The summed E-state index contributed by atoms with van der Waals surface area (Å²) in [6.07, 6.45) is 1.74. The van der Waals surface area contributed by atoms with Gasteiger partial charge in [-0.15, -0.1) is 11.8 Å². The third-order valence-corrected chi connectivity index (χ3v) is 6.22. The largest absolute Gasteiger partial charge is 0.352 e. The Balaban J connectivity index is 2.05. The fourth-order valence-corrected chi connectivity index (χ4v) is 4.37. The molecule has 0 saturated carbocycles. The molecule has 31 heavy (non-hydrogen) atoms. The molecule has 2 amide bonds. The molecule has 168 valence electrons. The van der Waals surface area contributed by atoms with Gasteiger partial charge in [-0.25, -0.2) is 0 Å². The first-order valence-electron chi connectivity index (χ1n) is 10.8. The van der Waals surface area contributed by atoms with Gasteiger partial charge in [0.15, 0.2) is 0 Å². The smallest absolute Gasteiger partial charge is 0.243 e. The Morgan fingerprint density at radius 2 is 1.84 bits per heavy atom. The van der Waals surface area contributed by atoms with Gasteiger partial charge in [0.05, 0.1) is 0 Å². The second-order valence-corrected chi connectivity index (χ2v) is 9.61. The fourth-order valence-electron chi connectivity index (χ4n) is 3.40. The van der Waals surface area contributed by atoms with Gasteiger partial charge >= 0.3 is 0 Å². The van der Waals surface area contributed by atoms with E-state index in [-0.39, 0.29) is 17.9 Å². The van der Waals surface area contributed by atoms with Crippen molar-refractivity contribution in [2.24, 2.45) is 0 Å². The molecule has 0 aliphatic carbocycles. The Kier molecular flexibility index (Phi) is 10.4. The van der Waals surface area contributed by atoms with E-state index in [2.05, 4.69) is 11.4 Å². The highest BCUT2D eigenvalue weighted by molar-refractivity contribution is 7.99. The number of nitrogens with one attached hydrogen (secondary N) is 1. The van der Waals surface area contributed by atoms with Crippen LogP contribution in [0.1, 0.15) is 51.2 Å². The molecule has 0 radical (unpaired) electrons. The van der Waals surface area contributed by atoms with Crippen LogP contribution in [0.2, 0.25) is 5.02 Å². The van der Waals surface area contributed by atoms with Crippen molar-refractivity contribution in [3.05, 3.63) is 64.7 Å². The van der Waals surface area contributed by atoms with Gasteiger partial charge in [0.1, 0.15) is 6.04 Å². The molecule has 0 saturated heterocycles. The van der Waals surface area contributed by atoms with Gasteiger partial charge in [0.25, 0.3) is 0 Å². The molecule has 2 aromatic carbocycles. The average Bonchev–Trinajstić information content (AvgIpc) is 2.71. The summed E-state index contributed by atoms with van der Waals surface area (Å²) >= 11 is 7.64. The molecule has 0 bridgehead atoms. The molecule has 6 heteroatoms. The summed E-state index contributed by atoms with van der Waals surface area (Å²) in [7, 11) is 0. The van der Waals surface area contributed by atoms with E-state index in [1.807, 2.05) is 70.2 Å². The normalized spacial score (nSPS) is 11.9. The predicted octanol–water partition coefficient (Wildman–Crippen LogP) is 5.85. The molecule has 1 N–H and O–H groups in total. The number of carbonyl (C=O) groups is 2. The summed E-state index contributed by atoms with van der Waals surface area (Å²) < 4.78 is 0. The second-order valence-electron chi connectivity index (χ2n) is 8.00. The molecular formula is C25H33ClN2O2S. The minimum Gasteiger partial charge on any atom is -0.352 e. The van der Waals surface area contributed by atoms with E-state index < -0.39 is 6.04 Å². The number of amides is 2. The summed E-state index contributed by atoms with van der Waals surface area (Å²) in [5.41, 5.74) is 2.18. The van der Waals surface area contributed by atoms with Crippen molar-refractivity contribution >= 4 is 35.2 Å². The van der Waals surface area contributed by atoms with E-state index in [4.69, 9.17) is 11.6 Å². The minimum absolute atomic E-state index is 0.0176. The van der Waals surface area contributed by atoms with Crippen molar-refractivity contribution in [3.8, 4) is 0 Å². The Bertz CT molecular complexity index is 855. The zero-order valence-corrected chi connectivity index (χ0v) is 20.4. The maximum atomic E-state index is 13.2. The van der Waals surface area contributed by atoms with E-state index in [0.29, 0.717) is 19.4 Å². The molecule has 0 unspecified atom stereocenters. The minimum atomic E-state index is -0.473. The van der Waals surface area contributed by atoms with Crippen LogP contribution in [-0.4, -0.2) is 34.6 Å². The maximum absolute atomic E-state index is 13.2. The topological polar surface area (TPSA) is 49.4 Å². The monoisotopic (exact) mass is 460 g/mol. The zero-order valence-electron chi connectivity index (χ0n) is 18.9. The summed E-state index contributed by atoms with van der Waals surface area (Å²) in [6, 6.07) is 15.4. The van der Waals surface area contributed by atoms with E-state index in [9.17, 15) is 9.59 Å². The predicted molar refractivity (Wildman–Crippen MR) is 130 cm³/mol. The molecule has 0 spiro atoms. The molecule has 0 aliphatic rings. The van der Waals surface area contributed by atoms with Crippen LogP contribution in [0.3, 0.4) is 0 Å². The van der Waals surface area contributed by atoms with E-state index in [0.717, 1.165) is 33.2 Å². The van der Waals surface area contributed by atoms with Gasteiger partial charge in [-0.1, -0.05) is 48.4 Å². The third kappa shape index (κ3) is 8.58. The lowest BCUT2D eigenvalue weighted by molar-refractivity contribution is -0.141. The SMILES string of the molecule is CC[C@H](C(=O)NC(C)C)N(Cc1cccc(C)c1)C(=O)CCCSc1ccc(Cl)cc1. The first kappa shape index (κ1) is 25.3. The number of hydrogen-bond donors (Lipinski definition) is 1. The van der Waals surface area contributed by atoms with Crippen LogP contribution in [0.5, 0.6) is 0 Å². The summed E-state index contributed by atoms with van der Waals surface area (Å²) in [6.45, 7) is 8.30. The number of hydrogen-bond acceptors (Lipinski definition) is 3. The molecule has 0 aromatic heterocycles. The number of benzene rings is 2. The third-order valence-electron chi connectivity index (χ3n) is 4.87. The van der Waals surface area contributed by atoms with E-state index in [1.165, 1.54) is 0 Å². The maximum Gasteiger partial charge on any atom is 0.243 e. The Morgan fingerprint density at radius 1 is 1.13 bits per heavy atom. The van der Waals surface area contributed by atoms with Crippen LogP contribution >= 0.6 is 23.4 Å². The number of halogens is 1. The highest BCUT2D eigenvalue weighted by atomic mass is 35.5. The van der Waals surface area contributed by atoms with Gasteiger partial charge in [-0.2, -0.15) is 0 Å². The van der Waals surface area contributed by atoms with Crippen LogP contribution in [0.15, 0.2) is 53.4 Å². The lowest BCUT2D eigenvalue weighted by atomic mass is 10.1. The highest BCUT2D eigenvalue weighted by Gasteiger charge is 2.28. The molecular weight excluding hydrogens is 428 g/mol. The molecule has 0 fully saturated rings. The number of rotatable bonds is 11. The van der Waals surface area contributed by atoms with E-state index in [1.54, 1.807) is 16.7 Å². The molecule has 0 aliphatic heterocycles. The van der Waals surface area contributed by atoms with Crippen molar-refractivity contribution in [2.75, 3.05) is 5.75 Å². The molecule has 1 atom stereocenters. The number of thioether (sulfide) groups is 1.